The van der Waals surface area contributed by atoms with Crippen molar-refractivity contribution in [1.29, 1.82) is 0 Å². The predicted octanol–water partition coefficient (Wildman–Crippen LogP) is 0.997. The Hall–Kier alpha value is -0.140. The SMILES string of the molecule is Cl.O=C(NCCSC(F)(F)F)C1CNC1. The molecule has 1 amide bonds. The zero-order chi connectivity index (χ0) is 10.6. The van der Waals surface area contributed by atoms with Crippen molar-refractivity contribution >= 4 is 30.1 Å². The minimum Gasteiger partial charge on any atom is -0.355 e. The Labute approximate surface area is 96.0 Å². The highest BCUT2D eigenvalue weighted by atomic mass is 35.5. The summed E-state index contributed by atoms with van der Waals surface area (Å²) < 4.78 is 35.0. The van der Waals surface area contributed by atoms with Gasteiger partial charge in [0.2, 0.25) is 5.91 Å². The lowest BCUT2D eigenvalue weighted by molar-refractivity contribution is -0.126. The molecule has 1 aliphatic heterocycles. The highest BCUT2D eigenvalue weighted by Gasteiger charge is 2.28. The zero-order valence-electron chi connectivity index (χ0n) is 7.76. The van der Waals surface area contributed by atoms with E-state index < -0.39 is 5.51 Å². The molecule has 0 bridgehead atoms. The van der Waals surface area contributed by atoms with Crippen LogP contribution in [0.3, 0.4) is 0 Å². The van der Waals surface area contributed by atoms with Crippen LogP contribution in [0.15, 0.2) is 0 Å². The van der Waals surface area contributed by atoms with Gasteiger partial charge in [0.1, 0.15) is 0 Å². The van der Waals surface area contributed by atoms with Gasteiger partial charge in [0.25, 0.3) is 0 Å². The molecule has 0 saturated carbocycles. The molecule has 1 aliphatic rings. The molecule has 0 radical (unpaired) electrons. The molecule has 1 fully saturated rings. The van der Waals surface area contributed by atoms with E-state index in [4.69, 9.17) is 0 Å². The minimum absolute atomic E-state index is 0. The molecule has 0 aliphatic carbocycles. The summed E-state index contributed by atoms with van der Waals surface area (Å²) in [5.41, 5.74) is -4.21. The molecule has 1 saturated heterocycles. The zero-order valence-corrected chi connectivity index (χ0v) is 9.40. The van der Waals surface area contributed by atoms with E-state index in [-0.39, 0.29) is 48.3 Å². The van der Waals surface area contributed by atoms with Crippen molar-refractivity contribution in [2.24, 2.45) is 5.92 Å². The lowest BCUT2D eigenvalue weighted by Crippen LogP contribution is -2.51. The van der Waals surface area contributed by atoms with Gasteiger partial charge in [-0.05, 0) is 11.8 Å². The van der Waals surface area contributed by atoms with Crippen molar-refractivity contribution < 1.29 is 18.0 Å². The Morgan fingerprint density at radius 1 is 1.47 bits per heavy atom. The van der Waals surface area contributed by atoms with E-state index in [1.54, 1.807) is 0 Å². The Morgan fingerprint density at radius 2 is 2.07 bits per heavy atom. The van der Waals surface area contributed by atoms with Crippen LogP contribution in [-0.2, 0) is 4.79 Å². The number of hydrogen-bond acceptors (Lipinski definition) is 3. The van der Waals surface area contributed by atoms with Crippen LogP contribution in [0.2, 0.25) is 0 Å². The van der Waals surface area contributed by atoms with Gasteiger partial charge in [0.15, 0.2) is 0 Å². The number of thioether (sulfide) groups is 1. The van der Waals surface area contributed by atoms with Gasteiger partial charge < -0.3 is 10.6 Å². The van der Waals surface area contributed by atoms with Crippen LogP contribution in [0.4, 0.5) is 13.2 Å². The maximum absolute atomic E-state index is 11.7. The second-order valence-corrected chi connectivity index (χ2v) is 4.10. The molecule has 0 aromatic rings. The summed E-state index contributed by atoms with van der Waals surface area (Å²) >= 11 is -0.117. The van der Waals surface area contributed by atoms with E-state index in [9.17, 15) is 18.0 Å². The smallest absolute Gasteiger partial charge is 0.355 e. The molecular weight excluding hydrogens is 253 g/mol. The van der Waals surface area contributed by atoms with Gasteiger partial charge in [-0.15, -0.1) is 12.4 Å². The van der Waals surface area contributed by atoms with Crippen LogP contribution in [0.5, 0.6) is 0 Å². The van der Waals surface area contributed by atoms with Gasteiger partial charge in [0.05, 0.1) is 5.92 Å². The monoisotopic (exact) mass is 264 g/mol. The van der Waals surface area contributed by atoms with Gasteiger partial charge in [-0.3, -0.25) is 4.79 Å². The summed E-state index contributed by atoms with van der Waals surface area (Å²) in [5.74, 6) is -0.354. The van der Waals surface area contributed by atoms with Crippen molar-refractivity contribution in [3.63, 3.8) is 0 Å². The molecule has 90 valence electrons. The van der Waals surface area contributed by atoms with Crippen LogP contribution in [0.25, 0.3) is 0 Å². The maximum atomic E-state index is 11.7. The van der Waals surface area contributed by atoms with Crippen molar-refractivity contribution in [3.8, 4) is 0 Å². The van der Waals surface area contributed by atoms with E-state index in [1.807, 2.05) is 0 Å². The summed E-state index contributed by atoms with van der Waals surface area (Å²) in [4.78, 5) is 11.1. The Kier molecular flexibility index (Phi) is 6.38. The first kappa shape index (κ1) is 14.9. The molecule has 8 heteroatoms. The fraction of sp³-hybridized carbons (Fsp3) is 0.857. The molecule has 0 atom stereocenters. The van der Waals surface area contributed by atoms with Crippen molar-refractivity contribution in [1.82, 2.24) is 10.6 Å². The number of carbonyl (C=O) groups excluding carboxylic acids is 1. The standard InChI is InChI=1S/C7H11F3N2OS.ClH/c8-7(9,10)14-2-1-12-6(13)5-3-11-4-5;/h5,11H,1-4H2,(H,12,13);1H. The number of nitrogens with one attached hydrogen (secondary N) is 2. The van der Waals surface area contributed by atoms with Gasteiger partial charge in [-0.1, -0.05) is 0 Å². The molecule has 0 aromatic carbocycles. The number of carbonyl (C=O) groups is 1. The molecular formula is C7H12ClF3N2OS. The summed E-state index contributed by atoms with van der Waals surface area (Å²) in [6.45, 7) is 1.32. The highest BCUT2D eigenvalue weighted by Crippen LogP contribution is 2.29. The minimum atomic E-state index is -4.21. The van der Waals surface area contributed by atoms with Crippen molar-refractivity contribution in [2.45, 2.75) is 5.51 Å². The first-order chi connectivity index (χ1) is 6.49. The molecule has 2 N–H and O–H groups in total. The third kappa shape index (κ3) is 6.11. The second kappa shape index (κ2) is 6.44. The van der Waals surface area contributed by atoms with Crippen LogP contribution in [-0.4, -0.2) is 36.8 Å². The number of rotatable bonds is 4. The average Bonchev–Trinajstić information content (AvgIpc) is 1.92. The van der Waals surface area contributed by atoms with Gasteiger partial charge in [0, 0.05) is 25.4 Å². The van der Waals surface area contributed by atoms with Crippen LogP contribution < -0.4 is 10.6 Å². The maximum Gasteiger partial charge on any atom is 0.441 e. The Bertz CT molecular complexity index is 211. The van der Waals surface area contributed by atoms with Crippen LogP contribution >= 0.6 is 24.2 Å². The molecule has 0 aromatic heterocycles. The van der Waals surface area contributed by atoms with Crippen LogP contribution in [0, 0.1) is 5.92 Å². The molecule has 0 spiro atoms. The third-order valence-corrected chi connectivity index (χ3v) is 2.55. The molecule has 0 unspecified atom stereocenters. The molecule has 15 heavy (non-hydrogen) atoms. The number of amides is 1. The van der Waals surface area contributed by atoms with E-state index in [1.165, 1.54) is 0 Å². The molecule has 3 nitrogen and oxygen atoms in total. The fourth-order valence-electron chi connectivity index (χ4n) is 0.959. The van der Waals surface area contributed by atoms with Crippen molar-refractivity contribution in [3.05, 3.63) is 0 Å². The van der Waals surface area contributed by atoms with Crippen molar-refractivity contribution in [2.75, 3.05) is 25.4 Å². The number of halogens is 4. The first-order valence-corrected chi connectivity index (χ1v) is 5.17. The largest absolute Gasteiger partial charge is 0.441 e. The Balaban J connectivity index is 0.00000196. The summed E-state index contributed by atoms with van der Waals surface area (Å²) in [5, 5.41) is 5.37. The van der Waals surface area contributed by atoms with E-state index in [0.717, 1.165) is 0 Å². The topological polar surface area (TPSA) is 41.1 Å². The Morgan fingerprint density at radius 3 is 2.47 bits per heavy atom. The van der Waals surface area contributed by atoms with Gasteiger partial charge in [-0.25, -0.2) is 0 Å². The summed E-state index contributed by atoms with van der Waals surface area (Å²) in [7, 11) is 0. The van der Waals surface area contributed by atoms with E-state index >= 15 is 0 Å². The highest BCUT2D eigenvalue weighted by molar-refractivity contribution is 8.00. The van der Waals surface area contributed by atoms with Crippen LogP contribution in [0.1, 0.15) is 0 Å². The van der Waals surface area contributed by atoms with E-state index in [0.29, 0.717) is 13.1 Å². The predicted molar refractivity (Wildman–Crippen MR) is 55.1 cm³/mol. The fourth-order valence-corrected chi connectivity index (χ4v) is 1.39. The normalized spacial score (nSPS) is 16.5. The molecule has 1 heterocycles. The lowest BCUT2D eigenvalue weighted by atomic mass is 10.0. The van der Waals surface area contributed by atoms with Gasteiger partial charge >= 0.3 is 5.51 Å². The average molecular weight is 265 g/mol. The van der Waals surface area contributed by atoms with E-state index in [2.05, 4.69) is 10.6 Å². The molecule has 1 rings (SSSR count). The second-order valence-electron chi connectivity index (χ2n) is 2.94. The summed E-state index contributed by atoms with van der Waals surface area (Å²) in [6.07, 6.45) is 0. The number of hydrogen-bond donors (Lipinski definition) is 2. The number of alkyl halides is 3. The lowest BCUT2D eigenvalue weighted by Gasteiger charge is -2.25. The van der Waals surface area contributed by atoms with Gasteiger partial charge in [-0.2, -0.15) is 13.2 Å². The summed E-state index contributed by atoms with van der Waals surface area (Å²) in [6, 6.07) is 0. The first-order valence-electron chi connectivity index (χ1n) is 4.18. The quantitative estimate of drug-likeness (QED) is 0.745. The third-order valence-electron chi connectivity index (χ3n) is 1.82.